The van der Waals surface area contributed by atoms with Gasteiger partial charge in [0, 0.05) is 39.5 Å². The van der Waals surface area contributed by atoms with Gasteiger partial charge in [0.1, 0.15) is 16.0 Å². The monoisotopic (exact) mass is 678 g/mol. The first-order valence-electron chi connectivity index (χ1n) is 14.4. The third-order valence-corrected chi connectivity index (χ3v) is 10.4. The fourth-order valence-corrected chi connectivity index (χ4v) is 8.20. The zero-order valence-electron chi connectivity index (χ0n) is 26.4. The van der Waals surface area contributed by atoms with Gasteiger partial charge < -0.3 is 14.0 Å². The molecule has 2 aliphatic heterocycles. The standard InChI is InChI=1S/C33H37ClN2O6S2.Na/c1-22-18-23(14-16-29-32(2,3)25-10-6-8-12-27(25)35(29)20-43(37,38)39)31(34)24(19-22)15-17-30-33(4,5)26-11-7-9-13-28(26)36(30)21-44(40,41)42;/h6-17,22H,18-21H2,1-5H3,(H-,37,38,39,40,41,42);/q;+1/p-1. The van der Waals surface area contributed by atoms with Crippen LogP contribution in [-0.2, 0) is 31.1 Å². The van der Waals surface area contributed by atoms with Gasteiger partial charge in [0.15, 0.2) is 15.8 Å². The number of fused-ring (bicyclic) bond motifs is 2. The van der Waals surface area contributed by atoms with Gasteiger partial charge in [0.2, 0.25) is 11.6 Å². The van der Waals surface area contributed by atoms with E-state index < -0.39 is 42.8 Å². The molecule has 0 N–H and O–H groups in total. The fraction of sp³-hybridized carbons (Fsp3) is 0.364. The van der Waals surface area contributed by atoms with Gasteiger partial charge in [-0.2, -0.15) is 4.58 Å². The second-order valence-corrected chi connectivity index (χ2v) is 16.0. The van der Waals surface area contributed by atoms with E-state index in [0.717, 1.165) is 22.3 Å². The van der Waals surface area contributed by atoms with Crippen LogP contribution in [0.2, 0.25) is 0 Å². The Hall–Kier alpha value is -2.02. The van der Waals surface area contributed by atoms with Gasteiger partial charge in [-0.25, -0.2) is 16.8 Å². The summed E-state index contributed by atoms with van der Waals surface area (Å²) < 4.78 is 72.7. The van der Waals surface area contributed by atoms with Crippen LogP contribution in [0.4, 0.5) is 11.4 Å². The van der Waals surface area contributed by atoms with E-state index in [1.54, 1.807) is 9.48 Å². The third-order valence-electron chi connectivity index (χ3n) is 8.76. The molecular formula is C33H36ClN2NaO6S2. The predicted octanol–water partition coefficient (Wildman–Crippen LogP) is 3.16. The average Bonchev–Trinajstić information content (AvgIpc) is 3.25. The van der Waals surface area contributed by atoms with Crippen LogP contribution in [0, 0.1) is 5.92 Å². The van der Waals surface area contributed by atoms with Gasteiger partial charge in [-0.05, 0) is 61.5 Å². The summed E-state index contributed by atoms with van der Waals surface area (Å²) in [7, 11) is -9.12. The van der Waals surface area contributed by atoms with Crippen molar-refractivity contribution >= 4 is 48.9 Å². The van der Waals surface area contributed by atoms with Crippen LogP contribution < -0.4 is 34.5 Å². The molecule has 5 rings (SSSR count). The summed E-state index contributed by atoms with van der Waals surface area (Å²) in [4.78, 5) is 1.56. The van der Waals surface area contributed by atoms with Gasteiger partial charge in [0.05, 0.1) is 5.41 Å². The Labute approximate surface area is 293 Å². The van der Waals surface area contributed by atoms with E-state index in [-0.39, 0.29) is 35.5 Å². The molecule has 234 valence electrons. The maximum Gasteiger partial charge on any atom is 1.00 e. The molecule has 45 heavy (non-hydrogen) atoms. The SMILES string of the molecule is CC1CC(=C/C=C2\N(CS(=O)(=O)[O-])c3ccccc3C2(C)C)C(Cl)=C(/C=C/C2=[N+](CS(=O)(=O)[O-])c3ccccc3C2(C)C)C1.[Na+]. The fourth-order valence-electron chi connectivity index (χ4n) is 6.73. The van der Waals surface area contributed by atoms with Crippen molar-refractivity contribution in [2.75, 3.05) is 16.7 Å². The first-order valence-corrected chi connectivity index (χ1v) is 17.9. The molecular weight excluding hydrogens is 643 g/mol. The van der Waals surface area contributed by atoms with Crippen molar-refractivity contribution in [1.82, 2.24) is 0 Å². The Morgan fingerprint density at radius 2 is 1.51 bits per heavy atom. The molecule has 2 heterocycles. The molecule has 1 unspecified atom stereocenters. The van der Waals surface area contributed by atoms with Gasteiger partial charge in [-0.1, -0.05) is 80.9 Å². The number of para-hydroxylation sites is 2. The van der Waals surface area contributed by atoms with E-state index in [0.29, 0.717) is 40.7 Å². The van der Waals surface area contributed by atoms with E-state index in [2.05, 4.69) is 6.92 Å². The first-order chi connectivity index (χ1) is 20.4. The van der Waals surface area contributed by atoms with E-state index in [1.165, 1.54) is 0 Å². The molecule has 12 heteroatoms. The van der Waals surface area contributed by atoms with Crippen molar-refractivity contribution in [2.45, 2.75) is 58.3 Å². The van der Waals surface area contributed by atoms with Crippen LogP contribution in [0.3, 0.4) is 0 Å². The average molecular weight is 679 g/mol. The van der Waals surface area contributed by atoms with Crippen LogP contribution in [0.5, 0.6) is 0 Å². The molecule has 0 aromatic heterocycles. The van der Waals surface area contributed by atoms with Crippen molar-refractivity contribution in [3.8, 4) is 0 Å². The number of hydrogen-bond acceptors (Lipinski definition) is 7. The molecule has 0 radical (unpaired) electrons. The second-order valence-electron chi connectivity index (χ2n) is 12.8. The van der Waals surface area contributed by atoms with Gasteiger partial charge in [-0.3, -0.25) is 0 Å². The normalized spacial score (nSPS) is 22.8. The summed E-state index contributed by atoms with van der Waals surface area (Å²) in [5.41, 5.74) is 5.22. The number of rotatable bonds is 7. The number of benzene rings is 2. The maximum absolute atomic E-state index is 11.9. The summed E-state index contributed by atoms with van der Waals surface area (Å²) >= 11 is 6.99. The summed E-state index contributed by atoms with van der Waals surface area (Å²) in [6, 6.07) is 14.9. The summed E-state index contributed by atoms with van der Waals surface area (Å²) in [6.07, 6.45) is 8.90. The van der Waals surface area contributed by atoms with Gasteiger partial charge in [0.25, 0.3) is 0 Å². The van der Waals surface area contributed by atoms with E-state index in [1.807, 2.05) is 101 Å². The predicted molar refractivity (Wildman–Crippen MR) is 172 cm³/mol. The second kappa shape index (κ2) is 12.9. The largest absolute Gasteiger partial charge is 1.00 e. The molecule has 0 bridgehead atoms. The summed E-state index contributed by atoms with van der Waals surface area (Å²) in [5.74, 6) is -1.11. The topological polar surface area (TPSA) is 121 Å². The number of halogens is 1. The zero-order valence-corrected chi connectivity index (χ0v) is 30.8. The number of anilines is 1. The maximum atomic E-state index is 11.9. The van der Waals surface area contributed by atoms with Crippen LogP contribution in [0.25, 0.3) is 0 Å². The van der Waals surface area contributed by atoms with E-state index in [4.69, 9.17) is 11.6 Å². The molecule has 0 spiro atoms. The van der Waals surface area contributed by atoms with E-state index >= 15 is 0 Å². The van der Waals surface area contributed by atoms with Crippen molar-refractivity contribution < 1.29 is 60.1 Å². The number of hydrogen-bond donors (Lipinski definition) is 0. The van der Waals surface area contributed by atoms with Crippen molar-refractivity contribution in [1.29, 1.82) is 0 Å². The van der Waals surface area contributed by atoms with E-state index in [9.17, 15) is 25.9 Å². The Morgan fingerprint density at radius 1 is 0.889 bits per heavy atom. The van der Waals surface area contributed by atoms with Crippen molar-refractivity contribution in [2.24, 2.45) is 5.92 Å². The molecule has 0 saturated carbocycles. The molecule has 2 aromatic carbocycles. The Bertz CT molecular complexity index is 1910. The quantitative estimate of drug-likeness (QED) is 0.251. The zero-order chi connectivity index (χ0) is 32.2. The molecule has 1 aliphatic carbocycles. The van der Waals surface area contributed by atoms with Crippen LogP contribution in [0.15, 0.2) is 94.7 Å². The molecule has 8 nitrogen and oxygen atoms in total. The van der Waals surface area contributed by atoms with Crippen LogP contribution in [0.1, 0.15) is 58.6 Å². The molecule has 2 aromatic rings. The molecule has 3 aliphatic rings. The minimum absolute atomic E-state index is 0. The van der Waals surface area contributed by atoms with Crippen LogP contribution >= 0.6 is 11.6 Å². The molecule has 0 saturated heterocycles. The molecule has 0 amide bonds. The molecule has 1 atom stereocenters. The van der Waals surface area contributed by atoms with Gasteiger partial charge in [-0.15, -0.1) is 0 Å². The number of allylic oxidation sites excluding steroid dienone is 8. The minimum Gasteiger partial charge on any atom is -0.747 e. The Kier molecular flexibility index (Phi) is 10.3. The molecule has 0 fully saturated rings. The Morgan fingerprint density at radius 3 is 2.16 bits per heavy atom. The van der Waals surface area contributed by atoms with Crippen molar-refractivity contribution in [3.05, 3.63) is 106 Å². The Balaban J connectivity index is 0.00000461. The van der Waals surface area contributed by atoms with Crippen molar-refractivity contribution in [3.63, 3.8) is 0 Å². The smallest absolute Gasteiger partial charge is 0.747 e. The minimum atomic E-state index is -4.56. The number of nitrogens with zero attached hydrogens (tertiary/aromatic N) is 2. The van der Waals surface area contributed by atoms with Gasteiger partial charge >= 0.3 is 29.6 Å². The first kappa shape index (κ1) is 35.8. The summed E-state index contributed by atoms with van der Waals surface area (Å²) in [5, 5.41) is 0.560. The summed E-state index contributed by atoms with van der Waals surface area (Å²) in [6.45, 7) is 10.1. The van der Waals surface area contributed by atoms with Crippen LogP contribution in [-0.4, -0.2) is 48.0 Å². The third kappa shape index (κ3) is 7.28.